The molecule has 28 heavy (non-hydrogen) atoms. The minimum Gasteiger partial charge on any atom is -0.497 e. The van der Waals surface area contributed by atoms with Gasteiger partial charge in [0.05, 0.1) is 12.0 Å². The van der Waals surface area contributed by atoms with Crippen molar-refractivity contribution in [2.75, 3.05) is 25.1 Å². The van der Waals surface area contributed by atoms with Crippen molar-refractivity contribution in [3.05, 3.63) is 63.7 Å². The number of methoxy groups -OCH3 is 1. The molecule has 2 aromatic rings. The maximum absolute atomic E-state index is 12.5. The summed E-state index contributed by atoms with van der Waals surface area (Å²) in [5.74, 6) is 0.909. The molecule has 1 aliphatic rings. The fraction of sp³-hybridized carbons (Fsp3) is 0.381. The molecule has 0 spiro atoms. The van der Waals surface area contributed by atoms with Gasteiger partial charge in [-0.15, -0.1) is 0 Å². The number of nitro groups is 1. The highest BCUT2D eigenvalue weighted by Crippen LogP contribution is 2.32. The average Bonchev–Trinajstić information content (AvgIpc) is 2.72. The highest BCUT2D eigenvalue weighted by Gasteiger charge is 2.25. The number of rotatable bonds is 6. The Morgan fingerprint density at radius 2 is 2.04 bits per heavy atom. The molecule has 3 rings (SSSR count). The number of piperidine rings is 1. The summed E-state index contributed by atoms with van der Waals surface area (Å²) in [5.41, 5.74) is 1.77. The molecule has 1 fully saturated rings. The van der Waals surface area contributed by atoms with Crippen LogP contribution in [0.5, 0.6) is 5.75 Å². The standard InChI is InChI=1S/C21H25N3O4/c1-15-4-3-11-23(14-15)19-10-7-17(12-20(19)24(26)27)21(25)22-13-16-5-8-18(28-2)9-6-16/h5-10,12,15H,3-4,11,13-14H2,1-2H3,(H,22,25). The van der Waals surface area contributed by atoms with E-state index in [1.165, 1.54) is 6.07 Å². The topological polar surface area (TPSA) is 84.7 Å². The number of hydrogen-bond donors (Lipinski definition) is 1. The van der Waals surface area contributed by atoms with Crippen LogP contribution in [0.4, 0.5) is 11.4 Å². The van der Waals surface area contributed by atoms with Gasteiger partial charge in [0.1, 0.15) is 11.4 Å². The second kappa shape index (κ2) is 8.73. The van der Waals surface area contributed by atoms with Crippen LogP contribution in [0, 0.1) is 16.0 Å². The van der Waals surface area contributed by atoms with Crippen LogP contribution >= 0.6 is 0 Å². The van der Waals surface area contributed by atoms with E-state index in [0.717, 1.165) is 37.2 Å². The van der Waals surface area contributed by atoms with Gasteiger partial charge in [-0.2, -0.15) is 0 Å². The number of amides is 1. The molecule has 1 unspecified atom stereocenters. The third-order valence-electron chi connectivity index (χ3n) is 5.04. The van der Waals surface area contributed by atoms with E-state index in [1.54, 1.807) is 19.2 Å². The minimum atomic E-state index is -0.408. The predicted octanol–water partition coefficient (Wildman–Crippen LogP) is 3.77. The lowest BCUT2D eigenvalue weighted by Gasteiger charge is -2.32. The van der Waals surface area contributed by atoms with Crippen molar-refractivity contribution in [3.63, 3.8) is 0 Å². The Labute approximate surface area is 164 Å². The molecule has 0 aliphatic carbocycles. The van der Waals surface area contributed by atoms with Gasteiger partial charge in [0.15, 0.2) is 0 Å². The molecule has 148 valence electrons. The number of nitrogens with zero attached hydrogens (tertiary/aromatic N) is 2. The lowest BCUT2D eigenvalue weighted by Crippen LogP contribution is -2.34. The van der Waals surface area contributed by atoms with Crippen molar-refractivity contribution in [3.8, 4) is 5.75 Å². The van der Waals surface area contributed by atoms with Crippen molar-refractivity contribution >= 4 is 17.3 Å². The monoisotopic (exact) mass is 383 g/mol. The Hall–Kier alpha value is -3.09. The molecule has 2 aromatic carbocycles. The van der Waals surface area contributed by atoms with Crippen LogP contribution < -0.4 is 15.0 Å². The third-order valence-corrected chi connectivity index (χ3v) is 5.04. The van der Waals surface area contributed by atoms with E-state index in [1.807, 2.05) is 29.2 Å². The van der Waals surface area contributed by atoms with Crippen LogP contribution in [0.25, 0.3) is 0 Å². The van der Waals surface area contributed by atoms with E-state index in [9.17, 15) is 14.9 Å². The van der Waals surface area contributed by atoms with Crippen molar-refractivity contribution in [1.29, 1.82) is 0 Å². The summed E-state index contributed by atoms with van der Waals surface area (Å²) < 4.78 is 5.11. The van der Waals surface area contributed by atoms with Crippen molar-refractivity contribution in [2.45, 2.75) is 26.3 Å². The molecule has 7 heteroatoms. The molecular formula is C21H25N3O4. The largest absolute Gasteiger partial charge is 0.497 e. The van der Waals surface area contributed by atoms with Crippen molar-refractivity contribution in [2.24, 2.45) is 5.92 Å². The van der Waals surface area contributed by atoms with Gasteiger partial charge in [0, 0.05) is 31.3 Å². The number of nitrogens with one attached hydrogen (secondary N) is 1. The first-order chi connectivity index (χ1) is 13.5. The van der Waals surface area contributed by atoms with Crippen LogP contribution in [0.2, 0.25) is 0 Å². The molecule has 0 radical (unpaired) electrons. The van der Waals surface area contributed by atoms with E-state index in [2.05, 4.69) is 12.2 Å². The molecule has 7 nitrogen and oxygen atoms in total. The average molecular weight is 383 g/mol. The Morgan fingerprint density at radius 1 is 1.29 bits per heavy atom. The van der Waals surface area contributed by atoms with Crippen LogP contribution in [0.1, 0.15) is 35.7 Å². The molecule has 1 heterocycles. The first-order valence-corrected chi connectivity index (χ1v) is 9.42. The van der Waals surface area contributed by atoms with Crippen molar-refractivity contribution < 1.29 is 14.5 Å². The highest BCUT2D eigenvalue weighted by molar-refractivity contribution is 5.95. The van der Waals surface area contributed by atoms with Crippen LogP contribution in [-0.2, 0) is 6.54 Å². The maximum atomic E-state index is 12.5. The molecule has 0 saturated carbocycles. The highest BCUT2D eigenvalue weighted by atomic mass is 16.6. The Bertz CT molecular complexity index is 851. The fourth-order valence-corrected chi connectivity index (χ4v) is 3.51. The number of nitro benzene ring substituents is 1. The first kappa shape index (κ1) is 19.7. The normalized spacial score (nSPS) is 16.5. The summed E-state index contributed by atoms with van der Waals surface area (Å²) in [6, 6.07) is 12.1. The van der Waals surface area contributed by atoms with Crippen LogP contribution in [0.15, 0.2) is 42.5 Å². The quantitative estimate of drug-likeness (QED) is 0.606. The lowest BCUT2D eigenvalue weighted by molar-refractivity contribution is -0.384. The van der Waals surface area contributed by atoms with Gasteiger partial charge in [-0.05, 0) is 48.6 Å². The summed E-state index contributed by atoms with van der Waals surface area (Å²) in [4.78, 5) is 25.7. The number of hydrogen-bond acceptors (Lipinski definition) is 5. The van der Waals surface area contributed by atoms with Gasteiger partial charge < -0.3 is 15.0 Å². The van der Waals surface area contributed by atoms with Gasteiger partial charge in [-0.25, -0.2) is 0 Å². The summed E-state index contributed by atoms with van der Waals surface area (Å²) >= 11 is 0. The fourth-order valence-electron chi connectivity index (χ4n) is 3.51. The maximum Gasteiger partial charge on any atom is 0.293 e. The zero-order valence-electron chi connectivity index (χ0n) is 16.2. The summed E-state index contributed by atoms with van der Waals surface area (Å²) in [7, 11) is 1.60. The molecule has 0 bridgehead atoms. The van der Waals surface area contributed by atoms with E-state index in [-0.39, 0.29) is 17.2 Å². The van der Waals surface area contributed by atoms with E-state index >= 15 is 0 Å². The van der Waals surface area contributed by atoms with Gasteiger partial charge in [-0.3, -0.25) is 14.9 Å². The number of ether oxygens (including phenoxy) is 1. The molecular weight excluding hydrogens is 358 g/mol. The van der Waals surface area contributed by atoms with Crippen molar-refractivity contribution in [1.82, 2.24) is 5.32 Å². The second-order valence-electron chi connectivity index (χ2n) is 7.18. The lowest BCUT2D eigenvalue weighted by atomic mass is 9.99. The van der Waals surface area contributed by atoms with Gasteiger partial charge in [-0.1, -0.05) is 19.1 Å². The second-order valence-corrected chi connectivity index (χ2v) is 7.18. The summed E-state index contributed by atoms with van der Waals surface area (Å²) in [5, 5.41) is 14.4. The first-order valence-electron chi connectivity index (χ1n) is 9.42. The zero-order chi connectivity index (χ0) is 20.1. The Kier molecular flexibility index (Phi) is 6.13. The number of anilines is 1. The smallest absolute Gasteiger partial charge is 0.293 e. The predicted molar refractivity (Wildman–Crippen MR) is 108 cm³/mol. The molecule has 1 atom stereocenters. The van der Waals surface area contributed by atoms with Crippen LogP contribution in [-0.4, -0.2) is 31.0 Å². The van der Waals surface area contributed by atoms with Gasteiger partial charge >= 0.3 is 0 Å². The molecule has 1 aliphatic heterocycles. The Balaban J connectivity index is 1.73. The van der Waals surface area contributed by atoms with Gasteiger partial charge in [0.2, 0.25) is 0 Å². The van der Waals surface area contributed by atoms with E-state index in [4.69, 9.17) is 4.74 Å². The third kappa shape index (κ3) is 4.60. The van der Waals surface area contributed by atoms with E-state index < -0.39 is 4.92 Å². The Morgan fingerprint density at radius 3 is 2.68 bits per heavy atom. The summed E-state index contributed by atoms with van der Waals surface area (Å²) in [6.45, 7) is 4.08. The number of benzene rings is 2. The number of carbonyl (C=O) groups is 1. The molecule has 1 amide bonds. The van der Waals surface area contributed by atoms with E-state index in [0.29, 0.717) is 18.2 Å². The molecule has 0 aromatic heterocycles. The SMILES string of the molecule is COc1ccc(CNC(=O)c2ccc(N3CCCC(C)C3)c([N+](=O)[O-])c2)cc1. The molecule has 1 saturated heterocycles. The molecule has 1 N–H and O–H groups in total. The minimum absolute atomic E-state index is 0.0220. The van der Waals surface area contributed by atoms with Crippen LogP contribution in [0.3, 0.4) is 0 Å². The van der Waals surface area contributed by atoms with Gasteiger partial charge in [0.25, 0.3) is 11.6 Å². The summed E-state index contributed by atoms with van der Waals surface area (Å²) in [6.07, 6.45) is 2.15. The zero-order valence-corrected chi connectivity index (χ0v) is 16.2. The number of carbonyl (C=O) groups excluding carboxylic acids is 1.